The fraction of sp³-hybridized carbons (Fsp3) is 0.261. The van der Waals surface area contributed by atoms with Gasteiger partial charge in [0.05, 0.1) is 15.5 Å². The molecule has 1 N–H and O–H groups in total. The maximum Gasteiger partial charge on any atom is 0.282 e. The lowest BCUT2D eigenvalue weighted by atomic mass is 10.1. The molecule has 2 unspecified atom stereocenters. The van der Waals surface area contributed by atoms with Gasteiger partial charge >= 0.3 is 0 Å². The van der Waals surface area contributed by atoms with Crippen molar-refractivity contribution in [1.29, 1.82) is 0 Å². The molecule has 1 aliphatic heterocycles. The van der Waals surface area contributed by atoms with Crippen LogP contribution in [0.25, 0.3) is 21.7 Å². The van der Waals surface area contributed by atoms with E-state index in [-0.39, 0.29) is 10.8 Å². The van der Waals surface area contributed by atoms with Crippen LogP contribution >= 0.6 is 22.9 Å². The number of amides is 2. The Labute approximate surface area is 200 Å². The topological polar surface area (TPSA) is 96.4 Å². The minimum atomic E-state index is -3.93. The van der Waals surface area contributed by atoms with Crippen molar-refractivity contribution in [2.24, 2.45) is 11.8 Å². The molecule has 33 heavy (non-hydrogen) atoms. The van der Waals surface area contributed by atoms with Crippen LogP contribution in [0.2, 0.25) is 5.02 Å². The minimum Gasteiger partial charge on any atom is -0.336 e. The van der Waals surface area contributed by atoms with Crippen molar-refractivity contribution in [3.63, 3.8) is 0 Å². The molecule has 1 aliphatic carbocycles. The smallest absolute Gasteiger partial charge is 0.282 e. The number of halogens is 1. The Balaban J connectivity index is 1.52. The summed E-state index contributed by atoms with van der Waals surface area (Å²) in [5.74, 6) is 0.525. The van der Waals surface area contributed by atoms with Crippen LogP contribution in [0.5, 0.6) is 0 Å². The van der Waals surface area contributed by atoms with Crippen LogP contribution in [-0.2, 0) is 14.8 Å². The Morgan fingerprint density at radius 2 is 1.64 bits per heavy atom. The monoisotopic (exact) mass is 501 g/mol. The number of aromatic nitrogens is 1. The molecule has 2 aliphatic rings. The van der Waals surface area contributed by atoms with Gasteiger partial charge in [-0.05, 0) is 48.1 Å². The summed E-state index contributed by atoms with van der Waals surface area (Å²) in [6.45, 7) is 2.71. The van der Waals surface area contributed by atoms with E-state index in [1.165, 1.54) is 29.9 Å². The average molecular weight is 502 g/mol. The highest BCUT2D eigenvalue weighted by atomic mass is 35.5. The SMILES string of the molecule is CC(=O)NS(=O)(=O)c1ccc(-c2sc(C(=O)N3CC4CC4C3)nc2-c2ccc(Cl)cc2)cc1. The van der Waals surface area contributed by atoms with Crippen molar-refractivity contribution >= 4 is 44.8 Å². The number of piperidine rings is 1. The van der Waals surface area contributed by atoms with Crippen LogP contribution in [0, 0.1) is 11.8 Å². The van der Waals surface area contributed by atoms with Gasteiger partial charge in [0.15, 0.2) is 5.01 Å². The summed E-state index contributed by atoms with van der Waals surface area (Å²) in [7, 11) is -3.93. The fourth-order valence-corrected chi connectivity index (χ4v) is 6.32. The predicted octanol–water partition coefficient (Wildman–Crippen LogP) is 4.05. The average Bonchev–Trinajstić information content (AvgIpc) is 3.18. The molecule has 2 atom stereocenters. The number of carbonyl (C=O) groups excluding carboxylic acids is 2. The minimum absolute atomic E-state index is 0.0217. The van der Waals surface area contributed by atoms with E-state index in [1.807, 2.05) is 21.8 Å². The predicted molar refractivity (Wildman–Crippen MR) is 126 cm³/mol. The normalized spacial score (nSPS) is 19.3. The van der Waals surface area contributed by atoms with Gasteiger partial charge in [0.25, 0.3) is 15.9 Å². The second kappa shape index (κ2) is 8.23. The van der Waals surface area contributed by atoms with Crippen LogP contribution in [0.15, 0.2) is 53.4 Å². The second-order valence-electron chi connectivity index (χ2n) is 8.36. The molecule has 1 saturated carbocycles. The van der Waals surface area contributed by atoms with Gasteiger partial charge in [-0.2, -0.15) is 0 Å². The number of hydrogen-bond acceptors (Lipinski definition) is 6. The molecule has 2 amide bonds. The maximum absolute atomic E-state index is 13.1. The first kappa shape index (κ1) is 22.1. The highest BCUT2D eigenvalue weighted by Crippen LogP contribution is 2.46. The van der Waals surface area contributed by atoms with Crippen molar-refractivity contribution in [1.82, 2.24) is 14.6 Å². The summed E-state index contributed by atoms with van der Waals surface area (Å²) in [4.78, 5) is 31.6. The first-order chi connectivity index (χ1) is 15.7. The zero-order chi connectivity index (χ0) is 23.3. The van der Waals surface area contributed by atoms with Crippen molar-refractivity contribution in [2.75, 3.05) is 13.1 Å². The number of nitrogens with zero attached hydrogens (tertiary/aromatic N) is 2. The van der Waals surface area contributed by atoms with Crippen molar-refractivity contribution in [3.05, 3.63) is 58.6 Å². The van der Waals surface area contributed by atoms with Crippen LogP contribution in [0.1, 0.15) is 23.1 Å². The van der Waals surface area contributed by atoms with E-state index < -0.39 is 15.9 Å². The van der Waals surface area contributed by atoms with E-state index in [1.54, 1.807) is 24.3 Å². The van der Waals surface area contributed by atoms with Gasteiger partial charge in [-0.15, -0.1) is 11.3 Å². The number of rotatable bonds is 5. The number of sulfonamides is 1. The Hall–Kier alpha value is -2.75. The summed E-state index contributed by atoms with van der Waals surface area (Å²) in [6.07, 6.45) is 1.21. The Bertz CT molecular complexity index is 1340. The van der Waals surface area contributed by atoms with E-state index in [4.69, 9.17) is 16.6 Å². The third kappa shape index (κ3) is 4.40. The largest absolute Gasteiger partial charge is 0.336 e. The molecule has 0 radical (unpaired) electrons. The lowest BCUT2D eigenvalue weighted by Gasteiger charge is -2.15. The summed E-state index contributed by atoms with van der Waals surface area (Å²) < 4.78 is 26.5. The van der Waals surface area contributed by atoms with Crippen LogP contribution < -0.4 is 4.72 Å². The van der Waals surface area contributed by atoms with Gasteiger partial charge in [-0.3, -0.25) is 9.59 Å². The molecular weight excluding hydrogens is 482 g/mol. The molecule has 0 bridgehead atoms. The number of likely N-dealkylation sites (tertiary alicyclic amines) is 1. The number of nitrogens with one attached hydrogen (secondary N) is 1. The lowest BCUT2D eigenvalue weighted by molar-refractivity contribution is -0.117. The highest BCUT2D eigenvalue weighted by molar-refractivity contribution is 7.90. The quantitative estimate of drug-likeness (QED) is 0.569. The number of carbonyl (C=O) groups is 2. The van der Waals surface area contributed by atoms with Gasteiger partial charge < -0.3 is 4.90 Å². The van der Waals surface area contributed by atoms with Crippen molar-refractivity contribution in [3.8, 4) is 21.7 Å². The van der Waals surface area contributed by atoms with Gasteiger partial charge in [0, 0.05) is 30.6 Å². The lowest BCUT2D eigenvalue weighted by Crippen LogP contribution is -2.30. The number of benzene rings is 2. The Kier molecular flexibility index (Phi) is 5.50. The van der Waals surface area contributed by atoms with E-state index in [0.717, 1.165) is 36.0 Å². The third-order valence-corrected chi connectivity index (χ3v) is 8.69. The van der Waals surface area contributed by atoms with Gasteiger partial charge in [-0.1, -0.05) is 35.9 Å². The van der Waals surface area contributed by atoms with E-state index >= 15 is 0 Å². The van der Waals surface area contributed by atoms with E-state index in [9.17, 15) is 18.0 Å². The molecule has 2 fully saturated rings. The molecule has 2 heterocycles. The Morgan fingerprint density at radius 3 is 2.24 bits per heavy atom. The summed E-state index contributed by atoms with van der Waals surface area (Å²) in [5.41, 5.74) is 2.17. The maximum atomic E-state index is 13.1. The third-order valence-electron chi connectivity index (χ3n) is 5.90. The van der Waals surface area contributed by atoms with Gasteiger partial charge in [-0.25, -0.2) is 18.1 Å². The van der Waals surface area contributed by atoms with Crippen LogP contribution in [0.4, 0.5) is 0 Å². The van der Waals surface area contributed by atoms with Crippen LogP contribution in [0.3, 0.4) is 0 Å². The van der Waals surface area contributed by atoms with Crippen molar-refractivity contribution < 1.29 is 18.0 Å². The molecule has 0 spiro atoms. The molecule has 10 heteroatoms. The summed E-state index contributed by atoms with van der Waals surface area (Å²) in [5, 5.41) is 1.00. The van der Waals surface area contributed by atoms with Crippen LogP contribution in [-0.4, -0.2) is 43.2 Å². The first-order valence-electron chi connectivity index (χ1n) is 10.4. The second-order valence-corrected chi connectivity index (χ2v) is 11.5. The number of fused-ring (bicyclic) bond motifs is 1. The molecular formula is C23H20ClN3O4S2. The highest BCUT2D eigenvalue weighted by Gasteiger charge is 2.47. The molecule has 170 valence electrons. The van der Waals surface area contributed by atoms with E-state index in [2.05, 4.69) is 0 Å². The molecule has 5 rings (SSSR count). The van der Waals surface area contributed by atoms with Gasteiger partial charge in [0.2, 0.25) is 5.91 Å². The molecule has 1 aromatic heterocycles. The summed E-state index contributed by atoms with van der Waals surface area (Å²) in [6, 6.07) is 13.4. The molecule has 3 aromatic rings. The molecule has 2 aromatic carbocycles. The zero-order valence-electron chi connectivity index (χ0n) is 17.6. The fourth-order valence-electron chi connectivity index (χ4n) is 4.14. The van der Waals surface area contributed by atoms with E-state index in [0.29, 0.717) is 27.6 Å². The standard InChI is InChI=1S/C23H20ClN3O4S2/c1-13(28)26-33(30,31)19-8-4-15(5-9-19)21-20(14-2-6-18(24)7-3-14)25-22(32-21)23(29)27-11-16-10-17(16)12-27/h2-9,16-17H,10-12H2,1H3,(H,26,28). The van der Waals surface area contributed by atoms with Crippen molar-refractivity contribution in [2.45, 2.75) is 18.2 Å². The van der Waals surface area contributed by atoms with Gasteiger partial charge in [0.1, 0.15) is 0 Å². The summed E-state index contributed by atoms with van der Waals surface area (Å²) >= 11 is 7.34. The first-order valence-corrected chi connectivity index (χ1v) is 13.1. The zero-order valence-corrected chi connectivity index (χ0v) is 20.0. The molecule has 7 nitrogen and oxygen atoms in total. The number of hydrogen-bond donors (Lipinski definition) is 1. The molecule has 1 saturated heterocycles. The Morgan fingerprint density at radius 1 is 1.03 bits per heavy atom. The number of thiazole rings is 1.